The minimum atomic E-state index is -0.178. The van der Waals surface area contributed by atoms with E-state index >= 15 is 0 Å². The highest BCUT2D eigenvalue weighted by atomic mass is 19.1. The lowest BCUT2D eigenvalue weighted by Gasteiger charge is -2.08. The number of hydrogen-bond acceptors (Lipinski definition) is 2. The van der Waals surface area contributed by atoms with Gasteiger partial charge in [0, 0.05) is 17.8 Å². The first kappa shape index (κ1) is 12.8. The lowest BCUT2D eigenvalue weighted by molar-refractivity contribution is 0.577. The van der Waals surface area contributed by atoms with Gasteiger partial charge in [0.15, 0.2) is 0 Å². The normalized spacial score (nSPS) is 10.9. The van der Waals surface area contributed by atoms with E-state index in [1.54, 1.807) is 6.07 Å². The van der Waals surface area contributed by atoms with Gasteiger partial charge in [-0.25, -0.2) is 4.39 Å². The number of aromatic nitrogens is 2. The lowest BCUT2D eigenvalue weighted by atomic mass is 10.1. The fraction of sp³-hybridized carbons (Fsp3) is 0.357. The van der Waals surface area contributed by atoms with Crippen LogP contribution in [0.4, 0.5) is 4.39 Å². The molecule has 0 aliphatic heterocycles. The van der Waals surface area contributed by atoms with Gasteiger partial charge in [-0.2, -0.15) is 5.10 Å². The standard InChI is InChI=1S/C14H18FN3/c1-10-6-11(2)18(17-10)9-13-7-12(8-16-3)4-5-14(13)15/h4-7,16H,8-9H2,1-3H3. The van der Waals surface area contributed by atoms with Crippen molar-refractivity contribution in [1.82, 2.24) is 15.1 Å². The summed E-state index contributed by atoms with van der Waals surface area (Å²) >= 11 is 0. The fourth-order valence-corrected chi connectivity index (χ4v) is 2.06. The third kappa shape index (κ3) is 2.76. The summed E-state index contributed by atoms with van der Waals surface area (Å²) in [4.78, 5) is 0. The Morgan fingerprint density at radius 3 is 2.67 bits per heavy atom. The molecule has 1 heterocycles. The highest BCUT2D eigenvalue weighted by Gasteiger charge is 2.07. The van der Waals surface area contributed by atoms with Crippen molar-refractivity contribution in [2.75, 3.05) is 7.05 Å². The van der Waals surface area contributed by atoms with Crippen LogP contribution in [-0.2, 0) is 13.1 Å². The van der Waals surface area contributed by atoms with Crippen LogP contribution in [0.2, 0.25) is 0 Å². The molecule has 0 fully saturated rings. The van der Waals surface area contributed by atoms with E-state index in [4.69, 9.17) is 0 Å². The van der Waals surface area contributed by atoms with Gasteiger partial charge in [0.2, 0.25) is 0 Å². The van der Waals surface area contributed by atoms with E-state index in [-0.39, 0.29) is 5.82 Å². The first-order valence-electron chi connectivity index (χ1n) is 6.03. The van der Waals surface area contributed by atoms with Crippen molar-refractivity contribution >= 4 is 0 Å². The van der Waals surface area contributed by atoms with Gasteiger partial charge >= 0.3 is 0 Å². The molecule has 2 aromatic rings. The quantitative estimate of drug-likeness (QED) is 0.899. The summed E-state index contributed by atoms with van der Waals surface area (Å²) in [5.74, 6) is -0.178. The molecular weight excluding hydrogens is 229 g/mol. The molecule has 0 radical (unpaired) electrons. The summed E-state index contributed by atoms with van der Waals surface area (Å²) in [5.41, 5.74) is 3.76. The Balaban J connectivity index is 2.27. The molecular formula is C14H18FN3. The first-order chi connectivity index (χ1) is 8.60. The van der Waals surface area contributed by atoms with E-state index < -0.39 is 0 Å². The highest BCUT2D eigenvalue weighted by molar-refractivity contribution is 5.26. The molecule has 0 aliphatic carbocycles. The Labute approximate surface area is 107 Å². The van der Waals surface area contributed by atoms with Crippen LogP contribution in [-0.4, -0.2) is 16.8 Å². The Hall–Kier alpha value is -1.68. The number of halogens is 1. The average molecular weight is 247 g/mol. The molecule has 0 atom stereocenters. The summed E-state index contributed by atoms with van der Waals surface area (Å²) in [5, 5.41) is 7.42. The first-order valence-corrected chi connectivity index (χ1v) is 6.03. The molecule has 0 saturated carbocycles. The molecule has 0 spiro atoms. The SMILES string of the molecule is CNCc1ccc(F)c(Cn2nc(C)cc2C)c1. The van der Waals surface area contributed by atoms with E-state index in [2.05, 4.69) is 10.4 Å². The van der Waals surface area contributed by atoms with Crippen LogP contribution in [0.15, 0.2) is 24.3 Å². The number of nitrogens with zero attached hydrogens (tertiary/aromatic N) is 2. The zero-order valence-electron chi connectivity index (χ0n) is 11.0. The number of benzene rings is 1. The summed E-state index contributed by atoms with van der Waals surface area (Å²) in [7, 11) is 1.88. The Morgan fingerprint density at radius 1 is 1.28 bits per heavy atom. The topological polar surface area (TPSA) is 29.9 Å². The molecule has 18 heavy (non-hydrogen) atoms. The van der Waals surface area contributed by atoms with Crippen LogP contribution in [0.5, 0.6) is 0 Å². The largest absolute Gasteiger partial charge is 0.316 e. The number of nitrogens with one attached hydrogen (secondary N) is 1. The second-order valence-electron chi connectivity index (χ2n) is 4.54. The van der Waals surface area contributed by atoms with Gasteiger partial charge in [0.05, 0.1) is 12.2 Å². The summed E-state index contributed by atoms with van der Waals surface area (Å²) in [6.07, 6.45) is 0. The summed E-state index contributed by atoms with van der Waals surface area (Å²) in [6.45, 7) is 5.14. The molecule has 2 rings (SSSR count). The van der Waals surface area contributed by atoms with Crippen molar-refractivity contribution in [2.45, 2.75) is 26.9 Å². The molecule has 0 aliphatic rings. The van der Waals surface area contributed by atoms with Gasteiger partial charge in [0.25, 0.3) is 0 Å². The molecule has 0 amide bonds. The van der Waals surface area contributed by atoms with Crippen LogP contribution >= 0.6 is 0 Å². The summed E-state index contributed by atoms with van der Waals surface area (Å²) in [6, 6.07) is 7.21. The number of rotatable bonds is 4. The third-order valence-electron chi connectivity index (χ3n) is 2.91. The molecule has 0 bridgehead atoms. The second kappa shape index (κ2) is 5.31. The van der Waals surface area contributed by atoms with E-state index in [1.165, 1.54) is 6.07 Å². The molecule has 4 heteroatoms. The second-order valence-corrected chi connectivity index (χ2v) is 4.54. The minimum absolute atomic E-state index is 0.178. The van der Waals surface area contributed by atoms with E-state index in [0.717, 1.165) is 23.5 Å². The number of hydrogen-bond donors (Lipinski definition) is 1. The molecule has 1 aromatic carbocycles. The minimum Gasteiger partial charge on any atom is -0.316 e. The zero-order valence-corrected chi connectivity index (χ0v) is 11.0. The molecule has 1 aromatic heterocycles. The predicted molar refractivity (Wildman–Crippen MR) is 70.0 cm³/mol. The smallest absolute Gasteiger partial charge is 0.128 e. The third-order valence-corrected chi connectivity index (χ3v) is 2.91. The van der Waals surface area contributed by atoms with Crippen molar-refractivity contribution in [1.29, 1.82) is 0 Å². The van der Waals surface area contributed by atoms with Crippen LogP contribution < -0.4 is 5.32 Å². The van der Waals surface area contributed by atoms with Crippen molar-refractivity contribution in [3.05, 3.63) is 52.6 Å². The molecule has 3 nitrogen and oxygen atoms in total. The van der Waals surface area contributed by atoms with Gasteiger partial charge < -0.3 is 5.32 Å². The van der Waals surface area contributed by atoms with Crippen molar-refractivity contribution < 1.29 is 4.39 Å². The van der Waals surface area contributed by atoms with Gasteiger partial charge in [-0.15, -0.1) is 0 Å². The van der Waals surface area contributed by atoms with E-state index in [1.807, 2.05) is 37.7 Å². The van der Waals surface area contributed by atoms with E-state index in [9.17, 15) is 4.39 Å². The summed E-state index contributed by atoms with van der Waals surface area (Å²) < 4.78 is 15.6. The monoisotopic (exact) mass is 247 g/mol. The van der Waals surface area contributed by atoms with Crippen molar-refractivity contribution in [3.63, 3.8) is 0 Å². The molecule has 1 N–H and O–H groups in total. The molecule has 0 unspecified atom stereocenters. The lowest BCUT2D eigenvalue weighted by Crippen LogP contribution is -2.09. The predicted octanol–water partition coefficient (Wildman–Crippen LogP) is 2.41. The fourth-order valence-electron chi connectivity index (χ4n) is 2.06. The maximum atomic E-state index is 13.8. The van der Waals surface area contributed by atoms with Crippen LogP contribution in [0.25, 0.3) is 0 Å². The zero-order chi connectivity index (χ0) is 13.1. The molecule has 96 valence electrons. The van der Waals surface area contributed by atoms with Gasteiger partial charge in [0.1, 0.15) is 5.82 Å². The van der Waals surface area contributed by atoms with Crippen molar-refractivity contribution in [3.8, 4) is 0 Å². The van der Waals surface area contributed by atoms with E-state index in [0.29, 0.717) is 12.1 Å². The maximum absolute atomic E-state index is 13.8. The van der Waals surface area contributed by atoms with Gasteiger partial charge in [-0.1, -0.05) is 6.07 Å². The number of aryl methyl sites for hydroxylation is 2. The van der Waals surface area contributed by atoms with Gasteiger partial charge in [-0.3, -0.25) is 4.68 Å². The maximum Gasteiger partial charge on any atom is 0.128 e. The van der Waals surface area contributed by atoms with Crippen LogP contribution in [0, 0.1) is 19.7 Å². The van der Waals surface area contributed by atoms with Crippen LogP contribution in [0.1, 0.15) is 22.5 Å². The Kier molecular flexibility index (Phi) is 3.77. The Morgan fingerprint density at radius 2 is 2.06 bits per heavy atom. The van der Waals surface area contributed by atoms with Gasteiger partial charge in [-0.05, 0) is 44.7 Å². The highest BCUT2D eigenvalue weighted by Crippen LogP contribution is 2.13. The average Bonchev–Trinajstić information content (AvgIpc) is 2.62. The van der Waals surface area contributed by atoms with Crippen molar-refractivity contribution in [2.24, 2.45) is 0 Å². The Bertz CT molecular complexity index is 546. The molecule has 0 saturated heterocycles. The van der Waals surface area contributed by atoms with Crippen LogP contribution in [0.3, 0.4) is 0 Å².